The Bertz CT molecular complexity index is 1360. The standard InChI is InChI=1S/C28H31F2N3O6/c1-36-23-12-18(13-24(39-27(29)30)26(23)22(34)11-17-6-7-17)21-15-31-25-14-20(8-10-33(21)25)38-16-19-5-3-4-9-32(19)28(35)37-2/h8,10,12-15,17,19,27H,3-7,9,11,16H2,1-2H3. The highest BCUT2D eigenvalue weighted by Gasteiger charge is 2.30. The van der Waals surface area contributed by atoms with Crippen molar-refractivity contribution in [2.24, 2.45) is 5.92 Å². The maximum Gasteiger partial charge on any atom is 0.409 e. The molecule has 0 bridgehead atoms. The molecule has 1 saturated heterocycles. The maximum atomic E-state index is 13.3. The van der Waals surface area contributed by atoms with E-state index in [0.29, 0.717) is 35.8 Å². The molecule has 5 rings (SSSR count). The Labute approximate surface area is 224 Å². The fraction of sp³-hybridized carbons (Fsp3) is 0.464. The number of likely N-dealkylation sites (tertiary alicyclic amines) is 1. The molecule has 1 saturated carbocycles. The van der Waals surface area contributed by atoms with Gasteiger partial charge in [0, 0.05) is 30.8 Å². The zero-order valence-electron chi connectivity index (χ0n) is 21.9. The second-order valence-electron chi connectivity index (χ2n) is 9.86. The Kier molecular flexibility index (Phi) is 7.85. The van der Waals surface area contributed by atoms with Gasteiger partial charge in [0.25, 0.3) is 0 Å². The van der Waals surface area contributed by atoms with Crippen LogP contribution in [0.15, 0.2) is 36.7 Å². The number of carbonyl (C=O) groups excluding carboxylic acids is 2. The molecule has 0 spiro atoms. The van der Waals surface area contributed by atoms with E-state index in [4.69, 9.17) is 18.9 Å². The second kappa shape index (κ2) is 11.5. The van der Waals surface area contributed by atoms with E-state index in [-0.39, 0.29) is 47.3 Å². The zero-order chi connectivity index (χ0) is 27.5. The first-order chi connectivity index (χ1) is 18.9. The van der Waals surface area contributed by atoms with Gasteiger partial charge in [-0.2, -0.15) is 8.78 Å². The lowest BCUT2D eigenvalue weighted by Crippen LogP contribution is -2.46. The Balaban J connectivity index is 1.40. The summed E-state index contributed by atoms with van der Waals surface area (Å²) in [6, 6.07) is 6.50. The monoisotopic (exact) mass is 543 g/mol. The molecule has 11 heteroatoms. The molecule has 208 valence electrons. The van der Waals surface area contributed by atoms with Gasteiger partial charge in [-0.1, -0.05) is 0 Å². The van der Waals surface area contributed by atoms with Crippen LogP contribution in [-0.4, -0.2) is 66.2 Å². The largest absolute Gasteiger partial charge is 0.496 e. The molecule has 9 nitrogen and oxygen atoms in total. The molecule has 1 aliphatic heterocycles. The number of hydrogen-bond donors (Lipinski definition) is 0. The van der Waals surface area contributed by atoms with Crippen LogP contribution in [-0.2, 0) is 4.74 Å². The van der Waals surface area contributed by atoms with Gasteiger partial charge in [0.15, 0.2) is 5.78 Å². The molecule has 1 unspecified atom stereocenters. The summed E-state index contributed by atoms with van der Waals surface area (Å²) in [5.41, 5.74) is 1.70. The molecule has 1 aromatic carbocycles. The number of ether oxygens (including phenoxy) is 4. The predicted octanol–water partition coefficient (Wildman–Crippen LogP) is 5.59. The van der Waals surface area contributed by atoms with E-state index in [9.17, 15) is 18.4 Å². The van der Waals surface area contributed by atoms with Gasteiger partial charge >= 0.3 is 12.7 Å². The highest BCUT2D eigenvalue weighted by Crippen LogP contribution is 2.40. The summed E-state index contributed by atoms with van der Waals surface area (Å²) < 4.78 is 49.5. The quantitative estimate of drug-likeness (QED) is 0.308. The molecular weight excluding hydrogens is 512 g/mol. The van der Waals surface area contributed by atoms with Crippen LogP contribution < -0.4 is 14.2 Å². The molecule has 2 aromatic heterocycles. The fourth-order valence-corrected chi connectivity index (χ4v) is 5.04. The van der Waals surface area contributed by atoms with Crippen LogP contribution in [0, 0.1) is 5.92 Å². The third kappa shape index (κ3) is 5.91. The highest BCUT2D eigenvalue weighted by atomic mass is 19.3. The molecule has 39 heavy (non-hydrogen) atoms. The van der Waals surface area contributed by atoms with Gasteiger partial charge in [0.05, 0.1) is 32.2 Å². The summed E-state index contributed by atoms with van der Waals surface area (Å²) in [4.78, 5) is 31.2. The lowest BCUT2D eigenvalue weighted by Gasteiger charge is -2.34. The van der Waals surface area contributed by atoms with E-state index in [0.717, 1.165) is 32.1 Å². The number of imidazole rings is 1. The number of benzene rings is 1. The van der Waals surface area contributed by atoms with Crippen LogP contribution in [0.3, 0.4) is 0 Å². The van der Waals surface area contributed by atoms with Crippen molar-refractivity contribution in [3.05, 3.63) is 42.2 Å². The molecule has 2 fully saturated rings. The van der Waals surface area contributed by atoms with Crippen LogP contribution in [0.2, 0.25) is 0 Å². The Hall–Kier alpha value is -3.89. The van der Waals surface area contributed by atoms with Gasteiger partial charge in [-0.15, -0.1) is 0 Å². The number of carbonyl (C=O) groups is 2. The van der Waals surface area contributed by atoms with Crippen molar-refractivity contribution in [1.29, 1.82) is 0 Å². The second-order valence-corrected chi connectivity index (χ2v) is 9.86. The first-order valence-electron chi connectivity index (χ1n) is 13.0. The van der Waals surface area contributed by atoms with Crippen molar-refractivity contribution in [3.63, 3.8) is 0 Å². The third-order valence-corrected chi connectivity index (χ3v) is 7.21. The van der Waals surface area contributed by atoms with Crippen LogP contribution in [0.5, 0.6) is 17.2 Å². The summed E-state index contributed by atoms with van der Waals surface area (Å²) >= 11 is 0. The number of alkyl halides is 2. The number of ketones is 1. The summed E-state index contributed by atoms with van der Waals surface area (Å²) in [6.07, 6.45) is 7.95. The number of aromatic nitrogens is 2. The average Bonchev–Trinajstić information content (AvgIpc) is 3.65. The van der Waals surface area contributed by atoms with Gasteiger partial charge in [0.2, 0.25) is 0 Å². The van der Waals surface area contributed by atoms with E-state index < -0.39 is 6.61 Å². The van der Waals surface area contributed by atoms with E-state index in [1.165, 1.54) is 20.3 Å². The number of piperidine rings is 1. The molecular formula is C28H31F2N3O6. The van der Waals surface area contributed by atoms with E-state index >= 15 is 0 Å². The fourth-order valence-electron chi connectivity index (χ4n) is 5.04. The van der Waals surface area contributed by atoms with E-state index in [2.05, 4.69) is 4.98 Å². The summed E-state index contributed by atoms with van der Waals surface area (Å²) in [5, 5.41) is 0. The number of rotatable bonds is 10. The topological polar surface area (TPSA) is 91.6 Å². The number of pyridine rings is 1. The van der Waals surface area contributed by atoms with Crippen LogP contribution >= 0.6 is 0 Å². The first-order valence-corrected chi connectivity index (χ1v) is 13.0. The third-order valence-electron chi connectivity index (χ3n) is 7.21. The maximum absolute atomic E-state index is 13.3. The first kappa shape index (κ1) is 26.7. The number of hydrogen-bond acceptors (Lipinski definition) is 7. The van der Waals surface area contributed by atoms with E-state index in [1.54, 1.807) is 39.9 Å². The van der Waals surface area contributed by atoms with Crippen molar-refractivity contribution >= 4 is 17.5 Å². The SMILES string of the molecule is COC(=O)N1CCCCC1COc1ccn2c(-c3cc(OC)c(C(=O)CC4CC4)c(OC(F)F)c3)cnc2c1. The molecule has 1 aliphatic carbocycles. The van der Waals surface area contributed by atoms with Crippen molar-refractivity contribution in [2.45, 2.75) is 51.2 Å². The highest BCUT2D eigenvalue weighted by molar-refractivity contribution is 6.02. The van der Waals surface area contributed by atoms with Crippen molar-refractivity contribution < 1.29 is 37.3 Å². The molecule has 3 aromatic rings. The van der Waals surface area contributed by atoms with Gasteiger partial charge in [-0.3, -0.25) is 9.20 Å². The minimum absolute atomic E-state index is 0.0293. The smallest absolute Gasteiger partial charge is 0.409 e. The number of halogens is 2. The van der Waals surface area contributed by atoms with E-state index in [1.807, 2.05) is 0 Å². The summed E-state index contributed by atoms with van der Waals surface area (Å²) in [5.74, 6) is 0.530. The minimum Gasteiger partial charge on any atom is -0.496 e. The van der Waals surface area contributed by atoms with Crippen molar-refractivity contribution in [2.75, 3.05) is 27.4 Å². The Morgan fingerprint density at radius 1 is 1.10 bits per heavy atom. The minimum atomic E-state index is -3.10. The number of Topliss-reactive ketones (excluding diaryl/α,β-unsaturated/α-hetero) is 1. The number of nitrogens with zero attached hydrogens (tertiary/aromatic N) is 3. The van der Waals surface area contributed by atoms with Gasteiger partial charge in [-0.05, 0) is 56.2 Å². The molecule has 1 amide bonds. The van der Waals surface area contributed by atoms with Crippen LogP contribution in [0.25, 0.3) is 16.9 Å². The lowest BCUT2D eigenvalue weighted by atomic mass is 10.00. The summed E-state index contributed by atoms with van der Waals surface area (Å²) in [7, 11) is 2.77. The number of fused-ring (bicyclic) bond motifs is 1. The van der Waals surface area contributed by atoms with Crippen LogP contribution in [0.1, 0.15) is 48.9 Å². The molecule has 1 atom stereocenters. The van der Waals surface area contributed by atoms with Crippen LogP contribution in [0.4, 0.5) is 13.6 Å². The number of methoxy groups -OCH3 is 2. The normalized spacial score (nSPS) is 17.4. The van der Waals surface area contributed by atoms with Gasteiger partial charge in [0.1, 0.15) is 35.1 Å². The van der Waals surface area contributed by atoms with Crippen molar-refractivity contribution in [3.8, 4) is 28.5 Å². The Morgan fingerprint density at radius 2 is 1.90 bits per heavy atom. The average molecular weight is 544 g/mol. The van der Waals surface area contributed by atoms with Gasteiger partial charge in [-0.25, -0.2) is 9.78 Å². The summed E-state index contributed by atoms with van der Waals surface area (Å²) in [6.45, 7) is -2.14. The molecule has 0 radical (unpaired) electrons. The zero-order valence-corrected chi connectivity index (χ0v) is 21.9. The lowest BCUT2D eigenvalue weighted by molar-refractivity contribution is -0.0502. The van der Waals surface area contributed by atoms with Gasteiger partial charge < -0.3 is 23.8 Å². The number of amides is 1. The van der Waals surface area contributed by atoms with Crippen molar-refractivity contribution in [1.82, 2.24) is 14.3 Å². The molecule has 3 heterocycles. The molecule has 0 N–H and O–H groups in total. The molecule has 2 aliphatic rings. The Morgan fingerprint density at radius 3 is 2.62 bits per heavy atom. The predicted molar refractivity (Wildman–Crippen MR) is 138 cm³/mol.